The third-order valence-corrected chi connectivity index (χ3v) is 4.43. The van der Waals surface area contributed by atoms with Crippen LogP contribution in [0.2, 0.25) is 0 Å². The van der Waals surface area contributed by atoms with Gasteiger partial charge in [0.15, 0.2) is 0 Å². The fraction of sp³-hybridized carbons (Fsp3) is 0.588. The zero-order chi connectivity index (χ0) is 14.9. The van der Waals surface area contributed by atoms with Gasteiger partial charge in [-0.3, -0.25) is 4.68 Å². The molecule has 2 aromatic rings. The molecule has 0 aromatic carbocycles. The van der Waals surface area contributed by atoms with Gasteiger partial charge in [-0.1, -0.05) is 0 Å². The number of ether oxygens (including phenoxy) is 1. The quantitative estimate of drug-likeness (QED) is 0.891. The summed E-state index contributed by atoms with van der Waals surface area (Å²) in [7, 11) is 0. The van der Waals surface area contributed by atoms with E-state index in [1.807, 2.05) is 19.1 Å². The van der Waals surface area contributed by atoms with Crippen LogP contribution in [0.1, 0.15) is 41.7 Å². The molecular formula is C17H23N3O2. The van der Waals surface area contributed by atoms with Crippen LogP contribution in [0.25, 0.3) is 0 Å². The molecule has 1 N–H and O–H groups in total. The van der Waals surface area contributed by atoms with E-state index in [0.29, 0.717) is 0 Å². The zero-order valence-corrected chi connectivity index (χ0v) is 13.0. The number of fused-ring (bicyclic) bond motifs is 1. The van der Waals surface area contributed by atoms with E-state index in [0.717, 1.165) is 55.8 Å². The second kappa shape index (κ2) is 5.89. The van der Waals surface area contributed by atoms with Gasteiger partial charge in [-0.25, -0.2) is 0 Å². The molecule has 5 heteroatoms. The van der Waals surface area contributed by atoms with E-state index in [9.17, 15) is 0 Å². The minimum Gasteiger partial charge on any atom is -0.465 e. The molecule has 1 fully saturated rings. The summed E-state index contributed by atoms with van der Waals surface area (Å²) in [6, 6.07) is 4.01. The lowest BCUT2D eigenvalue weighted by Crippen LogP contribution is -2.27. The fourth-order valence-corrected chi connectivity index (χ4v) is 3.05. The molecule has 1 atom stereocenters. The molecular weight excluding hydrogens is 278 g/mol. The second-order valence-electron chi connectivity index (χ2n) is 6.46. The molecule has 22 heavy (non-hydrogen) atoms. The number of rotatable bonds is 6. The normalized spacial score (nSPS) is 21.0. The molecule has 5 nitrogen and oxygen atoms in total. The number of aromatic nitrogens is 2. The number of nitrogens with zero attached hydrogens (tertiary/aromatic N) is 2. The zero-order valence-electron chi connectivity index (χ0n) is 13.0. The van der Waals surface area contributed by atoms with Crippen LogP contribution in [0.5, 0.6) is 0 Å². The van der Waals surface area contributed by atoms with Crippen LogP contribution in [0.4, 0.5) is 0 Å². The molecule has 0 amide bonds. The van der Waals surface area contributed by atoms with Crippen molar-refractivity contribution < 1.29 is 9.15 Å². The van der Waals surface area contributed by atoms with Gasteiger partial charge in [0.25, 0.3) is 0 Å². The Hall–Kier alpha value is -1.59. The van der Waals surface area contributed by atoms with Gasteiger partial charge in [-0.05, 0) is 49.8 Å². The molecule has 0 saturated heterocycles. The lowest BCUT2D eigenvalue weighted by atomic mass is 10.1. The summed E-state index contributed by atoms with van der Waals surface area (Å²) in [4.78, 5) is 0. The first kappa shape index (κ1) is 14.0. The fourth-order valence-electron chi connectivity index (χ4n) is 3.05. The van der Waals surface area contributed by atoms with E-state index < -0.39 is 0 Å². The molecule has 0 radical (unpaired) electrons. The predicted octanol–water partition coefficient (Wildman–Crippen LogP) is 2.60. The number of hydrogen-bond donors (Lipinski definition) is 1. The first-order valence-electron chi connectivity index (χ1n) is 8.22. The minimum absolute atomic E-state index is 0.0558. The van der Waals surface area contributed by atoms with Gasteiger partial charge in [-0.2, -0.15) is 5.10 Å². The van der Waals surface area contributed by atoms with Crippen molar-refractivity contribution in [1.82, 2.24) is 15.1 Å². The van der Waals surface area contributed by atoms with Crippen molar-refractivity contribution in [2.24, 2.45) is 5.92 Å². The van der Waals surface area contributed by atoms with Gasteiger partial charge in [0.2, 0.25) is 0 Å². The molecule has 0 unspecified atom stereocenters. The summed E-state index contributed by atoms with van der Waals surface area (Å²) >= 11 is 0. The smallest absolute Gasteiger partial charge is 0.117 e. The van der Waals surface area contributed by atoms with Crippen LogP contribution in [0, 0.1) is 12.8 Å². The highest BCUT2D eigenvalue weighted by Crippen LogP contribution is 2.32. The second-order valence-corrected chi connectivity index (χ2v) is 6.46. The summed E-state index contributed by atoms with van der Waals surface area (Å²) in [5.41, 5.74) is 2.47. The molecule has 2 aromatic heterocycles. The molecule has 0 spiro atoms. The van der Waals surface area contributed by atoms with E-state index in [-0.39, 0.29) is 6.10 Å². The van der Waals surface area contributed by atoms with E-state index in [1.54, 1.807) is 0 Å². The third-order valence-electron chi connectivity index (χ3n) is 4.43. The molecule has 2 aliphatic rings. The molecule has 1 saturated carbocycles. The highest BCUT2D eigenvalue weighted by Gasteiger charge is 2.27. The monoisotopic (exact) mass is 301 g/mol. The first-order valence-corrected chi connectivity index (χ1v) is 8.22. The van der Waals surface area contributed by atoms with Gasteiger partial charge in [-0.15, -0.1) is 0 Å². The van der Waals surface area contributed by atoms with Gasteiger partial charge in [0.05, 0.1) is 18.8 Å². The van der Waals surface area contributed by atoms with E-state index in [2.05, 4.69) is 16.2 Å². The Labute approximate surface area is 130 Å². The van der Waals surface area contributed by atoms with Crippen LogP contribution in [-0.2, 0) is 24.2 Å². The summed E-state index contributed by atoms with van der Waals surface area (Å²) in [5.74, 6) is 2.76. The van der Waals surface area contributed by atoms with Crippen molar-refractivity contribution in [1.29, 1.82) is 0 Å². The van der Waals surface area contributed by atoms with Crippen molar-refractivity contribution in [3.05, 3.63) is 41.1 Å². The Balaban J connectivity index is 1.37. The van der Waals surface area contributed by atoms with Gasteiger partial charge in [0.1, 0.15) is 17.6 Å². The lowest BCUT2D eigenvalue weighted by Gasteiger charge is -2.22. The van der Waals surface area contributed by atoms with Gasteiger partial charge >= 0.3 is 0 Å². The predicted molar refractivity (Wildman–Crippen MR) is 82.5 cm³/mol. The Morgan fingerprint density at radius 3 is 3.05 bits per heavy atom. The van der Waals surface area contributed by atoms with E-state index >= 15 is 0 Å². The van der Waals surface area contributed by atoms with Crippen LogP contribution < -0.4 is 5.32 Å². The third kappa shape index (κ3) is 3.10. The number of furan rings is 1. The average molecular weight is 301 g/mol. The van der Waals surface area contributed by atoms with Crippen molar-refractivity contribution in [2.75, 3.05) is 13.2 Å². The molecule has 4 rings (SSSR count). The van der Waals surface area contributed by atoms with Crippen molar-refractivity contribution in [2.45, 2.75) is 45.4 Å². The molecule has 1 aliphatic heterocycles. The highest BCUT2D eigenvalue weighted by molar-refractivity contribution is 5.22. The Bertz CT molecular complexity index is 642. The highest BCUT2D eigenvalue weighted by atomic mass is 16.5. The largest absolute Gasteiger partial charge is 0.465 e. The van der Waals surface area contributed by atoms with Gasteiger partial charge in [0, 0.05) is 19.3 Å². The Morgan fingerprint density at radius 2 is 2.27 bits per heavy atom. The maximum absolute atomic E-state index is 5.91. The molecule has 0 bridgehead atoms. The number of nitrogens with one attached hydrogen (secondary N) is 1. The standard InChI is InChI=1S/C17H23N3O2/c1-12-2-5-15(22-12)8-18-9-16-17-14(6-7-21-16)11-20(19-17)10-13-3-4-13/h2,5,11,13,16,18H,3-4,6-10H2,1H3/t16-/m0/s1. The molecule has 1 aliphatic carbocycles. The van der Waals surface area contributed by atoms with Crippen LogP contribution in [0.15, 0.2) is 22.7 Å². The van der Waals surface area contributed by atoms with Gasteiger partial charge < -0.3 is 14.5 Å². The number of aryl methyl sites for hydroxylation is 1. The maximum Gasteiger partial charge on any atom is 0.117 e. The molecule has 3 heterocycles. The topological polar surface area (TPSA) is 52.2 Å². The average Bonchev–Trinajstić information content (AvgIpc) is 3.05. The van der Waals surface area contributed by atoms with Crippen molar-refractivity contribution >= 4 is 0 Å². The number of hydrogen-bond acceptors (Lipinski definition) is 4. The lowest BCUT2D eigenvalue weighted by molar-refractivity contribution is 0.0390. The summed E-state index contributed by atoms with van der Waals surface area (Å²) in [6.07, 6.45) is 5.97. The van der Waals surface area contributed by atoms with E-state index in [1.165, 1.54) is 18.4 Å². The van der Waals surface area contributed by atoms with Crippen LogP contribution in [-0.4, -0.2) is 22.9 Å². The molecule has 118 valence electrons. The van der Waals surface area contributed by atoms with Crippen molar-refractivity contribution in [3.63, 3.8) is 0 Å². The van der Waals surface area contributed by atoms with Crippen LogP contribution in [0.3, 0.4) is 0 Å². The minimum atomic E-state index is 0.0558. The van der Waals surface area contributed by atoms with Crippen molar-refractivity contribution in [3.8, 4) is 0 Å². The Kier molecular flexibility index (Phi) is 3.76. The first-order chi connectivity index (χ1) is 10.8. The SMILES string of the molecule is Cc1ccc(CNC[C@@H]2OCCc3cn(CC4CC4)nc32)o1. The Morgan fingerprint density at radius 1 is 1.36 bits per heavy atom. The summed E-state index contributed by atoms with van der Waals surface area (Å²) in [5, 5.41) is 8.19. The summed E-state index contributed by atoms with van der Waals surface area (Å²) in [6.45, 7) is 5.32. The maximum atomic E-state index is 5.91. The summed E-state index contributed by atoms with van der Waals surface area (Å²) < 4.78 is 13.6. The van der Waals surface area contributed by atoms with E-state index in [4.69, 9.17) is 14.3 Å². The van der Waals surface area contributed by atoms with Crippen LogP contribution >= 0.6 is 0 Å².